The third-order valence-electron chi connectivity index (χ3n) is 3.67. The van der Waals surface area contributed by atoms with Gasteiger partial charge in [0, 0.05) is 37.4 Å². The molecule has 2 aromatic rings. The summed E-state index contributed by atoms with van der Waals surface area (Å²) >= 11 is 0. The molecule has 0 spiro atoms. The smallest absolute Gasteiger partial charge is 0.250 e. The standard InChI is InChI=1S/C12H16N4.C4H12N2/c1-4-9(2)11-8-13-12(15-10(11)3)16-7-5-6-14-16;1-3-6(5)4-2/h5-9H,4H2,1-3H3;3-5H2,1-2H3. The maximum atomic E-state index is 5.31. The van der Waals surface area contributed by atoms with Gasteiger partial charge in [0.25, 0.3) is 5.95 Å². The monoisotopic (exact) mass is 304 g/mol. The van der Waals surface area contributed by atoms with Crippen molar-refractivity contribution >= 4 is 0 Å². The highest BCUT2D eigenvalue weighted by Crippen LogP contribution is 2.20. The minimum absolute atomic E-state index is 0.506. The lowest BCUT2D eigenvalue weighted by Gasteiger charge is -2.11. The molecule has 0 radical (unpaired) electrons. The fourth-order valence-electron chi connectivity index (χ4n) is 1.89. The average molecular weight is 304 g/mol. The molecule has 2 aromatic heterocycles. The van der Waals surface area contributed by atoms with Gasteiger partial charge in [0.1, 0.15) is 0 Å². The van der Waals surface area contributed by atoms with Crippen LogP contribution in [0.4, 0.5) is 0 Å². The van der Waals surface area contributed by atoms with E-state index in [1.54, 1.807) is 15.9 Å². The number of rotatable bonds is 5. The summed E-state index contributed by atoms with van der Waals surface area (Å²) in [6.45, 7) is 12.3. The van der Waals surface area contributed by atoms with Crippen LogP contribution in [0.15, 0.2) is 24.7 Å². The second kappa shape index (κ2) is 9.27. The Morgan fingerprint density at radius 3 is 2.36 bits per heavy atom. The van der Waals surface area contributed by atoms with Crippen LogP contribution in [-0.2, 0) is 0 Å². The molecular weight excluding hydrogens is 276 g/mol. The summed E-state index contributed by atoms with van der Waals surface area (Å²) < 4.78 is 1.67. The van der Waals surface area contributed by atoms with Crippen molar-refractivity contribution in [1.82, 2.24) is 24.8 Å². The van der Waals surface area contributed by atoms with Crippen molar-refractivity contribution in [3.8, 4) is 5.95 Å². The van der Waals surface area contributed by atoms with Crippen LogP contribution in [0, 0.1) is 6.92 Å². The molecule has 0 bridgehead atoms. The quantitative estimate of drug-likeness (QED) is 0.679. The minimum atomic E-state index is 0.506. The molecule has 2 N–H and O–H groups in total. The molecule has 2 heterocycles. The van der Waals surface area contributed by atoms with E-state index >= 15 is 0 Å². The summed E-state index contributed by atoms with van der Waals surface area (Å²) in [4.78, 5) is 8.81. The maximum absolute atomic E-state index is 5.31. The molecule has 0 saturated heterocycles. The Morgan fingerprint density at radius 2 is 1.95 bits per heavy atom. The Kier molecular flexibility index (Phi) is 7.70. The van der Waals surface area contributed by atoms with Gasteiger partial charge in [-0.15, -0.1) is 0 Å². The van der Waals surface area contributed by atoms with E-state index in [4.69, 9.17) is 5.84 Å². The predicted molar refractivity (Wildman–Crippen MR) is 89.7 cm³/mol. The van der Waals surface area contributed by atoms with E-state index in [2.05, 4.69) is 28.9 Å². The van der Waals surface area contributed by atoms with Gasteiger partial charge in [0.15, 0.2) is 0 Å². The topological polar surface area (TPSA) is 72.9 Å². The number of nitrogens with two attached hydrogens (primary N) is 1. The number of aromatic nitrogens is 4. The number of nitrogens with zero attached hydrogens (tertiary/aromatic N) is 5. The van der Waals surface area contributed by atoms with Crippen LogP contribution in [0.3, 0.4) is 0 Å². The number of aryl methyl sites for hydroxylation is 1. The lowest BCUT2D eigenvalue weighted by molar-refractivity contribution is 0.316. The average Bonchev–Trinajstić information content (AvgIpc) is 3.08. The van der Waals surface area contributed by atoms with Crippen molar-refractivity contribution in [2.24, 2.45) is 5.84 Å². The zero-order valence-electron chi connectivity index (χ0n) is 14.3. The van der Waals surface area contributed by atoms with Gasteiger partial charge in [-0.1, -0.05) is 27.7 Å². The molecule has 0 aromatic carbocycles. The van der Waals surface area contributed by atoms with Gasteiger partial charge < -0.3 is 0 Å². The summed E-state index contributed by atoms with van der Waals surface area (Å²) in [6.07, 6.45) is 6.58. The third-order valence-corrected chi connectivity index (χ3v) is 3.67. The Hall–Kier alpha value is -1.79. The van der Waals surface area contributed by atoms with Crippen molar-refractivity contribution in [2.75, 3.05) is 13.1 Å². The SMILES string of the molecule is CCC(C)c1cnc(-n2cccn2)nc1C.CCN(N)CC. The molecule has 0 aliphatic carbocycles. The summed E-state index contributed by atoms with van der Waals surface area (Å²) in [5.74, 6) is 6.45. The van der Waals surface area contributed by atoms with E-state index in [1.165, 1.54) is 5.56 Å². The van der Waals surface area contributed by atoms with E-state index in [0.29, 0.717) is 11.9 Å². The van der Waals surface area contributed by atoms with Crippen LogP contribution in [0.2, 0.25) is 0 Å². The second-order valence-corrected chi connectivity index (χ2v) is 5.19. The van der Waals surface area contributed by atoms with Crippen molar-refractivity contribution < 1.29 is 0 Å². The minimum Gasteiger partial charge on any atom is -0.269 e. The van der Waals surface area contributed by atoms with Gasteiger partial charge in [0.2, 0.25) is 0 Å². The Bertz CT molecular complexity index is 534. The Labute approximate surface area is 133 Å². The van der Waals surface area contributed by atoms with Crippen LogP contribution in [0.5, 0.6) is 0 Å². The highest BCUT2D eigenvalue weighted by Gasteiger charge is 2.09. The van der Waals surface area contributed by atoms with E-state index in [-0.39, 0.29) is 0 Å². The van der Waals surface area contributed by atoms with Crippen LogP contribution < -0.4 is 5.84 Å². The Morgan fingerprint density at radius 1 is 1.27 bits per heavy atom. The molecule has 1 unspecified atom stereocenters. The summed E-state index contributed by atoms with van der Waals surface area (Å²) in [5.41, 5.74) is 2.26. The summed E-state index contributed by atoms with van der Waals surface area (Å²) in [7, 11) is 0. The summed E-state index contributed by atoms with van der Waals surface area (Å²) in [6, 6.07) is 1.86. The van der Waals surface area contributed by atoms with Crippen molar-refractivity contribution in [2.45, 2.75) is 47.0 Å². The Balaban J connectivity index is 0.000000346. The van der Waals surface area contributed by atoms with E-state index in [0.717, 1.165) is 25.2 Å². The number of hydrogen-bond acceptors (Lipinski definition) is 5. The molecule has 1 atom stereocenters. The molecule has 0 amide bonds. The summed E-state index contributed by atoms with van der Waals surface area (Å²) in [5, 5.41) is 5.86. The van der Waals surface area contributed by atoms with Crippen LogP contribution in [0.25, 0.3) is 5.95 Å². The zero-order chi connectivity index (χ0) is 16.5. The fourth-order valence-corrected chi connectivity index (χ4v) is 1.89. The van der Waals surface area contributed by atoms with Crippen molar-refractivity contribution in [3.63, 3.8) is 0 Å². The second-order valence-electron chi connectivity index (χ2n) is 5.19. The lowest BCUT2D eigenvalue weighted by atomic mass is 9.99. The fraction of sp³-hybridized carbons (Fsp3) is 0.562. The number of hydrazine groups is 1. The van der Waals surface area contributed by atoms with Gasteiger partial charge in [-0.25, -0.2) is 19.7 Å². The molecule has 6 heteroatoms. The molecular formula is C16H28N6. The van der Waals surface area contributed by atoms with Crippen molar-refractivity contribution in [3.05, 3.63) is 35.9 Å². The zero-order valence-corrected chi connectivity index (χ0v) is 14.3. The van der Waals surface area contributed by atoms with Gasteiger partial charge in [-0.3, -0.25) is 5.84 Å². The van der Waals surface area contributed by atoms with E-state index < -0.39 is 0 Å². The predicted octanol–water partition coefficient (Wildman–Crippen LogP) is 2.69. The van der Waals surface area contributed by atoms with Crippen LogP contribution >= 0.6 is 0 Å². The normalized spacial score (nSPS) is 12.0. The van der Waals surface area contributed by atoms with Gasteiger partial charge >= 0.3 is 0 Å². The van der Waals surface area contributed by atoms with Gasteiger partial charge in [0.05, 0.1) is 0 Å². The van der Waals surface area contributed by atoms with Crippen molar-refractivity contribution in [1.29, 1.82) is 0 Å². The first-order valence-electron chi connectivity index (χ1n) is 7.86. The molecule has 0 aliphatic rings. The van der Waals surface area contributed by atoms with Gasteiger partial charge in [-0.05, 0) is 30.9 Å². The van der Waals surface area contributed by atoms with Gasteiger partial charge in [-0.2, -0.15) is 5.10 Å². The first-order chi connectivity index (χ1) is 10.5. The molecule has 0 fully saturated rings. The number of hydrogen-bond donors (Lipinski definition) is 1. The highest BCUT2D eigenvalue weighted by molar-refractivity contribution is 5.24. The highest BCUT2D eigenvalue weighted by atomic mass is 15.4. The first kappa shape index (κ1) is 18.3. The first-order valence-corrected chi connectivity index (χ1v) is 7.86. The lowest BCUT2D eigenvalue weighted by Crippen LogP contribution is -2.29. The maximum Gasteiger partial charge on any atom is 0.250 e. The molecule has 2 rings (SSSR count). The van der Waals surface area contributed by atoms with Crippen LogP contribution in [0.1, 0.15) is 51.3 Å². The van der Waals surface area contributed by atoms with E-state index in [9.17, 15) is 0 Å². The largest absolute Gasteiger partial charge is 0.269 e. The van der Waals surface area contributed by atoms with Crippen LogP contribution in [-0.4, -0.2) is 37.8 Å². The molecule has 0 saturated carbocycles. The molecule has 22 heavy (non-hydrogen) atoms. The molecule has 6 nitrogen and oxygen atoms in total. The van der Waals surface area contributed by atoms with E-state index in [1.807, 2.05) is 39.2 Å². The molecule has 122 valence electrons. The molecule has 0 aliphatic heterocycles. The third kappa shape index (κ3) is 5.20.